The van der Waals surface area contributed by atoms with Crippen molar-refractivity contribution in [3.05, 3.63) is 23.2 Å². The predicted octanol–water partition coefficient (Wildman–Crippen LogP) is 1.54. The van der Waals surface area contributed by atoms with Gasteiger partial charge in [0.2, 0.25) is 0 Å². The highest BCUT2D eigenvalue weighted by Gasteiger charge is 2.08. The first kappa shape index (κ1) is 8.43. The lowest BCUT2D eigenvalue weighted by atomic mass is 10.2. The second-order valence-electron chi connectivity index (χ2n) is 2.25. The van der Waals surface area contributed by atoms with E-state index in [9.17, 15) is 0 Å². The number of nitrogens with two attached hydrogens (primary N) is 1. The number of hydrogen-bond acceptors (Lipinski definition) is 3. The van der Waals surface area contributed by atoms with E-state index in [0.717, 1.165) is 6.42 Å². The minimum absolute atomic E-state index is 0.101. The molecule has 1 unspecified atom stereocenters. The van der Waals surface area contributed by atoms with Crippen LogP contribution in [0.15, 0.2) is 12.4 Å². The Kier molecular flexibility index (Phi) is 2.79. The third kappa shape index (κ3) is 1.88. The standard InChI is InChI=1S/C7H10ClN3/c1-2-5(9)6-7(8)11-4-3-10-6/h3-5H,2,9H2,1H3. The van der Waals surface area contributed by atoms with Crippen LogP contribution in [0.1, 0.15) is 25.1 Å². The summed E-state index contributed by atoms with van der Waals surface area (Å²) >= 11 is 5.74. The number of hydrogen-bond donors (Lipinski definition) is 1. The molecule has 3 nitrogen and oxygen atoms in total. The molecule has 0 saturated carbocycles. The van der Waals surface area contributed by atoms with Crippen molar-refractivity contribution in [3.8, 4) is 0 Å². The molecule has 60 valence electrons. The number of nitrogens with zero attached hydrogens (tertiary/aromatic N) is 2. The van der Waals surface area contributed by atoms with Crippen LogP contribution in [-0.4, -0.2) is 9.97 Å². The highest BCUT2D eigenvalue weighted by molar-refractivity contribution is 6.30. The topological polar surface area (TPSA) is 51.8 Å². The van der Waals surface area contributed by atoms with Crippen molar-refractivity contribution in [2.75, 3.05) is 0 Å². The molecule has 4 heteroatoms. The molecular weight excluding hydrogens is 162 g/mol. The zero-order valence-corrected chi connectivity index (χ0v) is 7.04. The van der Waals surface area contributed by atoms with Gasteiger partial charge in [0, 0.05) is 18.4 Å². The van der Waals surface area contributed by atoms with Gasteiger partial charge in [-0.1, -0.05) is 18.5 Å². The molecule has 0 fully saturated rings. The summed E-state index contributed by atoms with van der Waals surface area (Å²) in [4.78, 5) is 7.90. The Balaban J connectivity index is 2.93. The average Bonchev–Trinajstić information content (AvgIpc) is 2.04. The fourth-order valence-corrected chi connectivity index (χ4v) is 1.02. The Labute approximate surface area is 70.6 Å². The van der Waals surface area contributed by atoms with Crippen LogP contribution in [0, 0.1) is 0 Å². The second kappa shape index (κ2) is 3.64. The number of aromatic nitrogens is 2. The quantitative estimate of drug-likeness (QED) is 0.735. The zero-order chi connectivity index (χ0) is 8.27. The third-order valence-electron chi connectivity index (χ3n) is 1.47. The first-order chi connectivity index (χ1) is 5.25. The van der Waals surface area contributed by atoms with Crippen molar-refractivity contribution in [2.45, 2.75) is 19.4 Å². The summed E-state index contributed by atoms with van der Waals surface area (Å²) in [5.74, 6) is 0. The van der Waals surface area contributed by atoms with E-state index in [-0.39, 0.29) is 6.04 Å². The molecule has 0 radical (unpaired) electrons. The van der Waals surface area contributed by atoms with Crippen molar-refractivity contribution >= 4 is 11.6 Å². The van der Waals surface area contributed by atoms with Gasteiger partial charge < -0.3 is 5.73 Å². The van der Waals surface area contributed by atoms with Crippen molar-refractivity contribution in [1.82, 2.24) is 9.97 Å². The highest BCUT2D eigenvalue weighted by Crippen LogP contribution is 2.17. The zero-order valence-electron chi connectivity index (χ0n) is 6.29. The molecule has 0 aliphatic rings. The summed E-state index contributed by atoms with van der Waals surface area (Å²) in [6.45, 7) is 1.98. The molecule has 0 aromatic carbocycles. The van der Waals surface area contributed by atoms with E-state index in [4.69, 9.17) is 17.3 Å². The van der Waals surface area contributed by atoms with Gasteiger partial charge in [-0.15, -0.1) is 0 Å². The lowest BCUT2D eigenvalue weighted by Gasteiger charge is -2.07. The van der Waals surface area contributed by atoms with Crippen LogP contribution in [0.3, 0.4) is 0 Å². The number of rotatable bonds is 2. The lowest BCUT2D eigenvalue weighted by Crippen LogP contribution is -2.11. The maximum Gasteiger partial charge on any atom is 0.152 e. The highest BCUT2D eigenvalue weighted by atomic mass is 35.5. The van der Waals surface area contributed by atoms with Gasteiger partial charge in [-0.05, 0) is 6.42 Å². The summed E-state index contributed by atoms with van der Waals surface area (Å²) in [6.07, 6.45) is 3.96. The fourth-order valence-electron chi connectivity index (χ4n) is 0.774. The Morgan fingerprint density at radius 1 is 1.55 bits per heavy atom. The minimum atomic E-state index is -0.101. The third-order valence-corrected chi connectivity index (χ3v) is 1.76. The van der Waals surface area contributed by atoms with Crippen LogP contribution in [0.5, 0.6) is 0 Å². The molecule has 11 heavy (non-hydrogen) atoms. The van der Waals surface area contributed by atoms with Gasteiger partial charge in [-0.3, -0.25) is 4.98 Å². The monoisotopic (exact) mass is 171 g/mol. The summed E-state index contributed by atoms with van der Waals surface area (Å²) < 4.78 is 0. The summed E-state index contributed by atoms with van der Waals surface area (Å²) in [7, 11) is 0. The molecule has 0 spiro atoms. The molecule has 1 aromatic rings. The van der Waals surface area contributed by atoms with Gasteiger partial charge in [-0.2, -0.15) is 0 Å². The van der Waals surface area contributed by atoms with Crippen molar-refractivity contribution < 1.29 is 0 Å². The molecule has 1 aromatic heterocycles. The Morgan fingerprint density at radius 2 is 2.18 bits per heavy atom. The second-order valence-corrected chi connectivity index (χ2v) is 2.61. The Bertz CT molecular complexity index is 239. The Hall–Kier alpha value is -0.670. The molecule has 1 heterocycles. The summed E-state index contributed by atoms with van der Waals surface area (Å²) in [6, 6.07) is -0.101. The molecule has 0 amide bonds. The van der Waals surface area contributed by atoms with Crippen LogP contribution in [-0.2, 0) is 0 Å². The maximum absolute atomic E-state index is 5.74. The van der Waals surface area contributed by atoms with E-state index >= 15 is 0 Å². The van der Waals surface area contributed by atoms with Gasteiger partial charge in [0.15, 0.2) is 5.15 Å². The maximum atomic E-state index is 5.74. The van der Waals surface area contributed by atoms with Crippen molar-refractivity contribution in [2.24, 2.45) is 5.73 Å². The van der Waals surface area contributed by atoms with E-state index in [2.05, 4.69) is 9.97 Å². The van der Waals surface area contributed by atoms with Gasteiger partial charge in [0.1, 0.15) is 0 Å². The minimum Gasteiger partial charge on any atom is -0.323 e. The van der Waals surface area contributed by atoms with Crippen LogP contribution in [0.2, 0.25) is 5.15 Å². The molecule has 1 rings (SSSR count). The van der Waals surface area contributed by atoms with Gasteiger partial charge in [0.25, 0.3) is 0 Å². The van der Waals surface area contributed by atoms with Gasteiger partial charge in [-0.25, -0.2) is 4.98 Å². The molecule has 0 aliphatic heterocycles. The average molecular weight is 172 g/mol. The smallest absolute Gasteiger partial charge is 0.152 e. The first-order valence-electron chi connectivity index (χ1n) is 3.47. The fraction of sp³-hybridized carbons (Fsp3) is 0.429. The van der Waals surface area contributed by atoms with E-state index in [1.54, 1.807) is 12.4 Å². The molecule has 0 saturated heterocycles. The predicted molar refractivity (Wildman–Crippen MR) is 44.3 cm³/mol. The van der Waals surface area contributed by atoms with E-state index in [1.165, 1.54) is 0 Å². The lowest BCUT2D eigenvalue weighted by molar-refractivity contribution is 0.671. The van der Waals surface area contributed by atoms with E-state index in [1.807, 2.05) is 6.92 Å². The molecule has 2 N–H and O–H groups in total. The summed E-state index contributed by atoms with van der Waals surface area (Å²) in [5, 5.41) is 0.404. The largest absolute Gasteiger partial charge is 0.323 e. The molecule has 0 bridgehead atoms. The van der Waals surface area contributed by atoms with Gasteiger partial charge >= 0.3 is 0 Å². The van der Waals surface area contributed by atoms with E-state index < -0.39 is 0 Å². The van der Waals surface area contributed by atoms with Crippen LogP contribution in [0.25, 0.3) is 0 Å². The van der Waals surface area contributed by atoms with Crippen LogP contribution in [0.4, 0.5) is 0 Å². The van der Waals surface area contributed by atoms with Gasteiger partial charge in [0.05, 0.1) is 5.69 Å². The molecule has 0 aliphatic carbocycles. The molecular formula is C7H10ClN3. The van der Waals surface area contributed by atoms with Crippen LogP contribution >= 0.6 is 11.6 Å². The summed E-state index contributed by atoms with van der Waals surface area (Å²) in [5.41, 5.74) is 6.39. The molecule has 1 atom stereocenters. The Morgan fingerprint density at radius 3 is 2.73 bits per heavy atom. The first-order valence-corrected chi connectivity index (χ1v) is 3.85. The van der Waals surface area contributed by atoms with E-state index in [0.29, 0.717) is 10.8 Å². The van der Waals surface area contributed by atoms with Crippen LogP contribution < -0.4 is 5.73 Å². The van der Waals surface area contributed by atoms with Crippen molar-refractivity contribution in [1.29, 1.82) is 0 Å². The normalized spacial score (nSPS) is 13.0. The van der Waals surface area contributed by atoms with Crippen molar-refractivity contribution in [3.63, 3.8) is 0 Å². The SMILES string of the molecule is CCC(N)c1nccnc1Cl. The number of halogens is 1.